The number of rotatable bonds is 6. The fourth-order valence-corrected chi connectivity index (χ4v) is 1.41. The topological polar surface area (TPSA) is 84.2 Å². The second-order valence-corrected chi connectivity index (χ2v) is 3.63. The van der Waals surface area contributed by atoms with Gasteiger partial charge in [0.1, 0.15) is 6.29 Å². The molecule has 1 aromatic carbocycles. The van der Waals surface area contributed by atoms with Crippen molar-refractivity contribution in [1.29, 1.82) is 0 Å². The van der Waals surface area contributed by atoms with Crippen LogP contribution in [0.25, 0.3) is 0 Å². The molecule has 92 valence electrons. The highest BCUT2D eigenvalue weighted by Gasteiger charge is 2.15. The summed E-state index contributed by atoms with van der Waals surface area (Å²) in [6.07, 6.45) is 0.876. The van der Waals surface area contributed by atoms with Crippen molar-refractivity contribution in [3.05, 3.63) is 29.8 Å². The third kappa shape index (κ3) is 3.97. The number of amides is 1. The van der Waals surface area contributed by atoms with Gasteiger partial charge in [0.2, 0.25) is 5.91 Å². The maximum atomic E-state index is 11.7. The summed E-state index contributed by atoms with van der Waals surface area (Å²) >= 11 is 0. The van der Waals surface area contributed by atoms with Gasteiger partial charge in [-0.25, -0.2) is 0 Å². The summed E-state index contributed by atoms with van der Waals surface area (Å²) in [6, 6.07) is 6.77. The van der Waals surface area contributed by atoms with Gasteiger partial charge in [-0.3, -0.25) is 4.79 Å². The molecule has 0 saturated heterocycles. The molecular weight excluding hydrogens is 218 g/mol. The quantitative estimate of drug-likeness (QED) is 0.618. The first-order chi connectivity index (χ1) is 8.21. The number of anilines is 1. The van der Waals surface area contributed by atoms with Crippen molar-refractivity contribution in [3.8, 4) is 0 Å². The minimum absolute atomic E-state index is 0.156. The van der Waals surface area contributed by atoms with Crippen LogP contribution in [0.15, 0.2) is 24.3 Å². The van der Waals surface area contributed by atoms with Gasteiger partial charge in [-0.2, -0.15) is 0 Å². The first kappa shape index (κ1) is 13.3. The fourth-order valence-electron chi connectivity index (χ4n) is 1.41. The van der Waals surface area contributed by atoms with E-state index in [1.54, 1.807) is 19.2 Å². The van der Waals surface area contributed by atoms with E-state index >= 15 is 0 Å². The standard InChI is InChI=1S/C12H17N3O2/c1-14-11(6-7-16)12(17)15-10-4-2-9(8-13)3-5-10/h2-5,7,11,14H,6,8,13H2,1H3,(H,15,17). The van der Waals surface area contributed by atoms with E-state index in [4.69, 9.17) is 5.73 Å². The van der Waals surface area contributed by atoms with Gasteiger partial charge in [-0.15, -0.1) is 0 Å². The first-order valence-corrected chi connectivity index (χ1v) is 5.42. The number of nitrogens with two attached hydrogens (primary N) is 1. The van der Waals surface area contributed by atoms with Gasteiger partial charge in [-0.05, 0) is 24.7 Å². The average Bonchev–Trinajstić information content (AvgIpc) is 2.36. The molecule has 0 bridgehead atoms. The van der Waals surface area contributed by atoms with Gasteiger partial charge < -0.3 is 21.2 Å². The lowest BCUT2D eigenvalue weighted by atomic mass is 10.2. The molecule has 0 heterocycles. The number of carbonyl (C=O) groups is 2. The molecule has 0 spiro atoms. The molecule has 1 atom stereocenters. The Kier molecular flexibility index (Phi) is 5.32. The SMILES string of the molecule is CNC(CC=O)C(=O)Nc1ccc(CN)cc1. The van der Waals surface area contributed by atoms with Crippen LogP contribution in [-0.2, 0) is 16.1 Å². The molecule has 0 aliphatic rings. The number of nitrogens with one attached hydrogen (secondary N) is 2. The molecule has 0 radical (unpaired) electrons. The van der Waals surface area contributed by atoms with Crippen molar-refractivity contribution >= 4 is 17.9 Å². The van der Waals surface area contributed by atoms with Crippen molar-refractivity contribution in [2.24, 2.45) is 5.73 Å². The first-order valence-electron chi connectivity index (χ1n) is 5.42. The van der Waals surface area contributed by atoms with Crippen LogP contribution in [0.1, 0.15) is 12.0 Å². The molecule has 1 aromatic rings. The number of carbonyl (C=O) groups excluding carboxylic acids is 2. The number of benzene rings is 1. The summed E-state index contributed by atoms with van der Waals surface area (Å²) < 4.78 is 0. The molecule has 0 aromatic heterocycles. The highest BCUT2D eigenvalue weighted by atomic mass is 16.2. The van der Waals surface area contributed by atoms with E-state index in [-0.39, 0.29) is 12.3 Å². The Morgan fingerprint density at radius 2 is 2.06 bits per heavy atom. The van der Waals surface area contributed by atoms with Crippen LogP contribution in [0.5, 0.6) is 0 Å². The summed E-state index contributed by atoms with van der Waals surface area (Å²) in [4.78, 5) is 22.1. The second-order valence-electron chi connectivity index (χ2n) is 3.63. The molecule has 5 heteroatoms. The van der Waals surface area contributed by atoms with E-state index in [9.17, 15) is 9.59 Å². The van der Waals surface area contributed by atoms with E-state index in [1.165, 1.54) is 0 Å². The summed E-state index contributed by atoms with van der Waals surface area (Å²) in [6.45, 7) is 0.471. The Morgan fingerprint density at radius 1 is 1.41 bits per heavy atom. The minimum Gasteiger partial charge on any atom is -0.326 e. The maximum absolute atomic E-state index is 11.7. The minimum atomic E-state index is -0.498. The second kappa shape index (κ2) is 6.78. The molecule has 1 amide bonds. The molecule has 0 saturated carbocycles. The van der Waals surface area contributed by atoms with E-state index in [1.807, 2.05) is 12.1 Å². The molecule has 5 nitrogen and oxygen atoms in total. The van der Waals surface area contributed by atoms with Gasteiger partial charge in [0.15, 0.2) is 0 Å². The Morgan fingerprint density at radius 3 is 2.53 bits per heavy atom. The van der Waals surface area contributed by atoms with Crippen molar-refractivity contribution in [1.82, 2.24) is 5.32 Å². The lowest BCUT2D eigenvalue weighted by Gasteiger charge is -2.13. The summed E-state index contributed by atoms with van der Waals surface area (Å²) in [5.74, 6) is -0.222. The molecular formula is C12H17N3O2. The van der Waals surface area contributed by atoms with E-state index < -0.39 is 6.04 Å². The smallest absolute Gasteiger partial charge is 0.241 e. The molecule has 17 heavy (non-hydrogen) atoms. The molecule has 0 aliphatic carbocycles. The molecule has 4 N–H and O–H groups in total. The van der Waals surface area contributed by atoms with E-state index in [0.717, 1.165) is 11.8 Å². The lowest BCUT2D eigenvalue weighted by molar-refractivity contribution is -0.120. The van der Waals surface area contributed by atoms with Crippen molar-refractivity contribution in [2.45, 2.75) is 19.0 Å². The largest absolute Gasteiger partial charge is 0.326 e. The molecule has 0 fully saturated rings. The van der Waals surface area contributed by atoms with Crippen molar-refractivity contribution in [3.63, 3.8) is 0 Å². The normalized spacial score (nSPS) is 11.9. The predicted octanol–water partition coefficient (Wildman–Crippen LogP) is 0.261. The predicted molar refractivity (Wildman–Crippen MR) is 66.5 cm³/mol. The summed E-state index contributed by atoms with van der Waals surface area (Å²) in [5, 5.41) is 5.51. The fraction of sp³-hybridized carbons (Fsp3) is 0.333. The Bertz CT molecular complexity index is 376. The van der Waals surface area contributed by atoms with Crippen molar-refractivity contribution in [2.75, 3.05) is 12.4 Å². The average molecular weight is 235 g/mol. The van der Waals surface area contributed by atoms with Gasteiger partial charge >= 0.3 is 0 Å². The lowest BCUT2D eigenvalue weighted by Crippen LogP contribution is -2.38. The van der Waals surface area contributed by atoms with E-state index in [2.05, 4.69) is 10.6 Å². The summed E-state index contributed by atoms with van der Waals surface area (Å²) in [5.41, 5.74) is 7.17. The number of aldehydes is 1. The molecule has 0 aliphatic heterocycles. The maximum Gasteiger partial charge on any atom is 0.241 e. The monoisotopic (exact) mass is 235 g/mol. The summed E-state index contributed by atoms with van der Waals surface area (Å²) in [7, 11) is 1.64. The highest BCUT2D eigenvalue weighted by molar-refractivity contribution is 5.96. The van der Waals surface area contributed by atoms with Gasteiger partial charge in [0.25, 0.3) is 0 Å². The van der Waals surface area contributed by atoms with Gasteiger partial charge in [0.05, 0.1) is 6.04 Å². The zero-order chi connectivity index (χ0) is 12.7. The Hall–Kier alpha value is -1.72. The Labute approximate surface area is 100 Å². The Balaban J connectivity index is 2.62. The van der Waals surface area contributed by atoms with Gasteiger partial charge in [0, 0.05) is 18.7 Å². The number of hydrogen-bond acceptors (Lipinski definition) is 4. The third-order valence-electron chi connectivity index (χ3n) is 2.45. The van der Waals surface area contributed by atoms with Crippen LogP contribution in [0.3, 0.4) is 0 Å². The van der Waals surface area contributed by atoms with Crippen LogP contribution in [0.2, 0.25) is 0 Å². The zero-order valence-electron chi connectivity index (χ0n) is 9.77. The van der Waals surface area contributed by atoms with E-state index in [0.29, 0.717) is 12.2 Å². The number of hydrogen-bond donors (Lipinski definition) is 3. The van der Waals surface area contributed by atoms with Crippen molar-refractivity contribution < 1.29 is 9.59 Å². The number of likely N-dealkylation sites (N-methyl/N-ethyl adjacent to an activating group) is 1. The van der Waals surface area contributed by atoms with Crippen LogP contribution >= 0.6 is 0 Å². The third-order valence-corrected chi connectivity index (χ3v) is 2.45. The van der Waals surface area contributed by atoms with Crippen LogP contribution < -0.4 is 16.4 Å². The zero-order valence-corrected chi connectivity index (χ0v) is 9.77. The highest BCUT2D eigenvalue weighted by Crippen LogP contribution is 2.09. The van der Waals surface area contributed by atoms with Gasteiger partial charge in [-0.1, -0.05) is 12.1 Å². The molecule has 1 unspecified atom stereocenters. The molecule has 1 rings (SSSR count). The van der Waals surface area contributed by atoms with Crippen LogP contribution in [0.4, 0.5) is 5.69 Å². The van der Waals surface area contributed by atoms with Crippen LogP contribution in [-0.4, -0.2) is 25.3 Å². The van der Waals surface area contributed by atoms with Crippen LogP contribution in [0, 0.1) is 0 Å².